The summed E-state index contributed by atoms with van der Waals surface area (Å²) in [4.78, 5) is 3.72. The van der Waals surface area contributed by atoms with E-state index >= 15 is 0 Å². The number of alkyl halides is 13. The monoisotopic (exact) mass is 465 g/mol. The molecule has 1 aliphatic heterocycles. The van der Waals surface area contributed by atoms with E-state index in [-0.39, 0.29) is 36.7 Å². The topological polar surface area (TPSA) is 21.6 Å². The average molecular weight is 465 g/mol. The summed E-state index contributed by atoms with van der Waals surface area (Å²) < 4.78 is 176. The molecule has 0 atom stereocenters. The van der Waals surface area contributed by atoms with Gasteiger partial charge in [-0.2, -0.15) is 57.1 Å². The fraction of sp³-hybridized carbons (Fsp3) is 0.533. The first-order chi connectivity index (χ1) is 13.3. The summed E-state index contributed by atoms with van der Waals surface area (Å²) in [7, 11) is 0. The first-order valence-corrected chi connectivity index (χ1v) is 7.56. The average Bonchev–Trinajstić information content (AvgIpc) is 3.14. The fourth-order valence-electron chi connectivity index (χ4n) is 2.28. The molecule has 2 nitrogen and oxygen atoms in total. The van der Waals surface area contributed by atoms with E-state index in [9.17, 15) is 57.1 Å². The molecule has 0 spiro atoms. The summed E-state index contributed by atoms with van der Waals surface area (Å²) in [5.41, 5.74) is -2.16. The van der Waals surface area contributed by atoms with Gasteiger partial charge in [-0.25, -0.2) is 4.99 Å². The minimum absolute atomic E-state index is 0.0591. The van der Waals surface area contributed by atoms with Crippen molar-refractivity contribution in [3.05, 3.63) is 35.4 Å². The third-order valence-electron chi connectivity index (χ3n) is 4.01. The summed E-state index contributed by atoms with van der Waals surface area (Å²) in [5.74, 6) is -37.3. The van der Waals surface area contributed by atoms with Crippen LogP contribution in [-0.4, -0.2) is 48.9 Å². The molecule has 0 radical (unpaired) electrons. The highest BCUT2D eigenvalue weighted by Gasteiger charge is 2.90. The van der Waals surface area contributed by atoms with E-state index in [2.05, 4.69) is 4.99 Å². The zero-order valence-electron chi connectivity index (χ0n) is 14.0. The van der Waals surface area contributed by atoms with Crippen molar-refractivity contribution in [1.82, 2.24) is 0 Å². The van der Waals surface area contributed by atoms with Crippen LogP contribution in [0.1, 0.15) is 11.1 Å². The largest absolute Gasteiger partial charge is 0.476 e. The maximum Gasteiger partial charge on any atom is 0.460 e. The Morgan fingerprint density at radius 1 is 0.633 bits per heavy atom. The van der Waals surface area contributed by atoms with Crippen LogP contribution >= 0.6 is 0 Å². The molecule has 0 unspecified atom stereocenters. The summed E-state index contributed by atoms with van der Waals surface area (Å²) in [6.07, 6.45) is -7.44. The number of nitrogens with zero attached hydrogens (tertiary/aromatic N) is 1. The molecule has 0 fully saturated rings. The minimum atomic E-state index is -7.92. The van der Waals surface area contributed by atoms with Crippen LogP contribution in [0.3, 0.4) is 0 Å². The molecule has 0 bridgehead atoms. The summed E-state index contributed by atoms with van der Waals surface area (Å²) in [6.45, 7) is 0.236. The molecular weight excluding hydrogens is 457 g/mol. The van der Waals surface area contributed by atoms with Gasteiger partial charge in [0.25, 0.3) is 0 Å². The lowest BCUT2D eigenvalue weighted by atomic mass is 9.90. The number of rotatable bonds is 6. The first-order valence-electron chi connectivity index (χ1n) is 7.56. The maximum absolute atomic E-state index is 14.0. The first kappa shape index (κ1) is 24.1. The summed E-state index contributed by atoms with van der Waals surface area (Å²) >= 11 is 0. The second kappa shape index (κ2) is 6.90. The SMILES string of the molecule is FC(F)(F)C(F)(F)C(F)(F)C(F)(F)C(F)(F)C(F)(F)c1ccc(C2=NCCO2)cc1. The van der Waals surface area contributed by atoms with Crippen molar-refractivity contribution in [2.24, 2.45) is 4.99 Å². The van der Waals surface area contributed by atoms with Gasteiger partial charge in [0.05, 0.1) is 6.54 Å². The quantitative estimate of drug-likeness (QED) is 0.498. The molecular formula is C15H8F13NO. The van der Waals surface area contributed by atoms with Crippen molar-refractivity contribution < 1.29 is 61.8 Å². The van der Waals surface area contributed by atoms with E-state index in [4.69, 9.17) is 4.74 Å². The van der Waals surface area contributed by atoms with Crippen molar-refractivity contribution >= 4 is 5.90 Å². The molecule has 0 saturated carbocycles. The highest BCUT2D eigenvalue weighted by Crippen LogP contribution is 2.62. The molecule has 0 aromatic heterocycles. The van der Waals surface area contributed by atoms with Gasteiger partial charge in [0.1, 0.15) is 6.61 Å². The lowest BCUT2D eigenvalue weighted by Crippen LogP contribution is -2.69. The molecule has 1 aromatic rings. The van der Waals surface area contributed by atoms with Crippen molar-refractivity contribution in [3.63, 3.8) is 0 Å². The third kappa shape index (κ3) is 3.25. The molecule has 170 valence electrons. The van der Waals surface area contributed by atoms with Crippen LogP contribution in [0.5, 0.6) is 0 Å². The number of hydrogen-bond donors (Lipinski definition) is 0. The molecule has 0 aliphatic carbocycles. The molecule has 0 saturated heterocycles. The van der Waals surface area contributed by atoms with Crippen LogP contribution < -0.4 is 0 Å². The predicted octanol–water partition coefficient (Wildman–Crippen LogP) is 5.66. The second-order valence-electron chi connectivity index (χ2n) is 5.98. The van der Waals surface area contributed by atoms with Gasteiger partial charge >= 0.3 is 35.8 Å². The fourth-order valence-corrected chi connectivity index (χ4v) is 2.28. The Balaban J connectivity index is 2.48. The number of ether oxygens (including phenoxy) is 1. The molecule has 1 aromatic carbocycles. The van der Waals surface area contributed by atoms with E-state index in [0.717, 1.165) is 0 Å². The lowest BCUT2D eigenvalue weighted by molar-refractivity contribution is -0.441. The normalized spacial score (nSPS) is 17.0. The van der Waals surface area contributed by atoms with Crippen LogP contribution in [0.2, 0.25) is 0 Å². The van der Waals surface area contributed by atoms with Gasteiger partial charge in [0, 0.05) is 11.1 Å². The van der Waals surface area contributed by atoms with E-state index in [1.165, 1.54) is 0 Å². The molecule has 0 amide bonds. The molecule has 15 heteroatoms. The third-order valence-corrected chi connectivity index (χ3v) is 4.01. The Bertz CT molecular complexity index is 811. The van der Waals surface area contributed by atoms with Crippen LogP contribution in [0.4, 0.5) is 57.1 Å². The number of halogens is 13. The van der Waals surface area contributed by atoms with Gasteiger partial charge in [0.2, 0.25) is 5.90 Å². The summed E-state index contributed by atoms with van der Waals surface area (Å²) in [6, 6.07) is 1.32. The molecule has 0 N–H and O–H groups in total. The van der Waals surface area contributed by atoms with Gasteiger partial charge < -0.3 is 4.74 Å². The van der Waals surface area contributed by atoms with Gasteiger partial charge in [-0.1, -0.05) is 12.1 Å². The minimum Gasteiger partial charge on any atom is -0.476 e. The smallest absolute Gasteiger partial charge is 0.460 e. The van der Waals surface area contributed by atoms with Crippen molar-refractivity contribution in [2.45, 2.75) is 35.8 Å². The molecule has 2 rings (SSSR count). The Morgan fingerprint density at radius 2 is 1.10 bits per heavy atom. The highest BCUT2D eigenvalue weighted by molar-refractivity contribution is 5.94. The Kier molecular flexibility index (Phi) is 5.53. The van der Waals surface area contributed by atoms with Gasteiger partial charge in [-0.05, 0) is 12.1 Å². The molecule has 30 heavy (non-hydrogen) atoms. The lowest BCUT2D eigenvalue weighted by Gasteiger charge is -2.39. The van der Waals surface area contributed by atoms with E-state index in [1.54, 1.807) is 0 Å². The maximum atomic E-state index is 14.0. The van der Waals surface area contributed by atoms with Crippen molar-refractivity contribution in [2.75, 3.05) is 13.2 Å². The van der Waals surface area contributed by atoms with E-state index < -0.39 is 41.4 Å². The van der Waals surface area contributed by atoms with Crippen LogP contribution in [0, 0.1) is 0 Å². The predicted molar refractivity (Wildman–Crippen MR) is 73.5 cm³/mol. The molecule has 1 heterocycles. The molecule has 1 aliphatic rings. The zero-order valence-corrected chi connectivity index (χ0v) is 14.0. The van der Waals surface area contributed by atoms with Gasteiger partial charge in [-0.3, -0.25) is 0 Å². The number of hydrogen-bond acceptors (Lipinski definition) is 2. The number of aliphatic imine (C=N–C) groups is 1. The van der Waals surface area contributed by atoms with Crippen LogP contribution in [0.25, 0.3) is 0 Å². The zero-order chi connectivity index (χ0) is 23.4. The van der Waals surface area contributed by atoms with E-state index in [0.29, 0.717) is 12.1 Å². The van der Waals surface area contributed by atoms with Crippen molar-refractivity contribution in [3.8, 4) is 0 Å². The number of benzene rings is 1. The van der Waals surface area contributed by atoms with Crippen molar-refractivity contribution in [1.29, 1.82) is 0 Å². The van der Waals surface area contributed by atoms with Crippen LogP contribution in [-0.2, 0) is 10.7 Å². The van der Waals surface area contributed by atoms with Gasteiger partial charge in [0.15, 0.2) is 0 Å². The standard InChI is InChI=1S/C15H8F13NO/c16-10(17,8-3-1-7(2-4-8)9-29-5-6-30-9)11(18,19)12(20,21)13(22,23)14(24,25)15(26,27)28/h1-4H,5-6H2. The summed E-state index contributed by atoms with van der Waals surface area (Å²) in [5, 5.41) is 0. The second-order valence-corrected chi connectivity index (χ2v) is 5.98. The van der Waals surface area contributed by atoms with Crippen LogP contribution in [0.15, 0.2) is 29.3 Å². The van der Waals surface area contributed by atoms with Gasteiger partial charge in [-0.15, -0.1) is 0 Å². The highest BCUT2D eigenvalue weighted by atomic mass is 19.4. The Hall–Kier alpha value is -2.22. The van der Waals surface area contributed by atoms with E-state index in [1.807, 2.05) is 0 Å². The Morgan fingerprint density at radius 3 is 1.50 bits per heavy atom. The Labute approximate surface area is 158 Å².